The van der Waals surface area contributed by atoms with Gasteiger partial charge in [0.25, 0.3) is 5.91 Å². The quantitative estimate of drug-likeness (QED) is 0.569. The fraction of sp³-hybridized carbons (Fsp3) is 0.0714. The summed E-state index contributed by atoms with van der Waals surface area (Å²) in [6.07, 6.45) is 1.60. The van der Waals surface area contributed by atoms with Crippen molar-refractivity contribution in [3.63, 3.8) is 0 Å². The molecule has 0 saturated heterocycles. The van der Waals surface area contributed by atoms with Crippen molar-refractivity contribution in [3.8, 4) is 11.3 Å². The molecule has 6 N–H and O–H groups in total. The minimum Gasteiger partial charge on any atom is -0.370 e. The van der Waals surface area contributed by atoms with E-state index in [1.807, 2.05) is 19.1 Å². The van der Waals surface area contributed by atoms with Gasteiger partial charge in [-0.1, -0.05) is 12.1 Å². The van der Waals surface area contributed by atoms with Gasteiger partial charge in [-0.25, -0.2) is 4.99 Å². The van der Waals surface area contributed by atoms with Crippen LogP contribution in [0.5, 0.6) is 0 Å². The van der Waals surface area contributed by atoms with Crippen molar-refractivity contribution in [2.24, 2.45) is 22.2 Å². The topological polar surface area (TPSA) is 120 Å². The number of benzene rings is 1. The van der Waals surface area contributed by atoms with Crippen LogP contribution in [0.3, 0.4) is 0 Å². The second-order valence-electron chi connectivity index (χ2n) is 4.30. The molecular weight excluding hydrogens is 254 g/mol. The summed E-state index contributed by atoms with van der Waals surface area (Å²) < 4.78 is 0. The number of aromatic nitrogens is 1. The van der Waals surface area contributed by atoms with E-state index in [0.717, 1.165) is 11.1 Å². The molecule has 1 amide bonds. The lowest BCUT2D eigenvalue weighted by molar-refractivity contribution is 0.100. The predicted molar refractivity (Wildman–Crippen MR) is 78.4 cm³/mol. The Morgan fingerprint density at radius 1 is 1.20 bits per heavy atom. The number of aryl methyl sites for hydroxylation is 1. The number of amides is 1. The van der Waals surface area contributed by atoms with E-state index >= 15 is 0 Å². The van der Waals surface area contributed by atoms with Crippen molar-refractivity contribution in [3.05, 3.63) is 47.7 Å². The zero-order chi connectivity index (χ0) is 14.7. The molecule has 1 aromatic heterocycles. The van der Waals surface area contributed by atoms with E-state index in [1.54, 1.807) is 24.4 Å². The van der Waals surface area contributed by atoms with Gasteiger partial charge in [-0.2, -0.15) is 0 Å². The Morgan fingerprint density at radius 2 is 1.95 bits per heavy atom. The van der Waals surface area contributed by atoms with Gasteiger partial charge in [-0.15, -0.1) is 0 Å². The first kappa shape index (κ1) is 13.5. The fourth-order valence-electron chi connectivity index (χ4n) is 1.85. The highest BCUT2D eigenvalue weighted by Crippen LogP contribution is 2.27. The average molecular weight is 269 g/mol. The SMILES string of the molecule is Cc1ccc(-c2ncccc2C(N)=O)cc1N=C(N)N. The maximum Gasteiger partial charge on any atom is 0.250 e. The highest BCUT2D eigenvalue weighted by atomic mass is 16.1. The Morgan fingerprint density at radius 3 is 2.60 bits per heavy atom. The standard InChI is InChI=1S/C14H15N5O/c1-8-4-5-9(7-11(8)19-14(16)17)12-10(13(15)20)3-2-6-18-12/h2-7H,1H3,(H2,15,20)(H4,16,17,19). The number of rotatable bonds is 3. The summed E-state index contributed by atoms with van der Waals surface area (Å²) in [6.45, 7) is 1.89. The van der Waals surface area contributed by atoms with E-state index in [-0.39, 0.29) is 5.96 Å². The van der Waals surface area contributed by atoms with E-state index in [2.05, 4.69) is 9.98 Å². The lowest BCUT2D eigenvalue weighted by atomic mass is 10.0. The second kappa shape index (κ2) is 5.40. The largest absolute Gasteiger partial charge is 0.370 e. The number of hydrogen-bond acceptors (Lipinski definition) is 3. The van der Waals surface area contributed by atoms with Crippen LogP contribution in [-0.4, -0.2) is 16.9 Å². The highest BCUT2D eigenvalue weighted by molar-refractivity contribution is 5.99. The van der Waals surface area contributed by atoms with E-state index in [1.165, 1.54) is 0 Å². The third-order valence-electron chi connectivity index (χ3n) is 2.81. The molecule has 0 spiro atoms. The average Bonchev–Trinajstić information content (AvgIpc) is 2.40. The molecule has 102 valence electrons. The van der Waals surface area contributed by atoms with Crippen LogP contribution < -0.4 is 17.2 Å². The first-order valence-electron chi connectivity index (χ1n) is 5.94. The Labute approximate surface area is 116 Å². The van der Waals surface area contributed by atoms with Gasteiger partial charge in [0.1, 0.15) is 0 Å². The molecule has 1 heterocycles. The molecule has 0 fully saturated rings. The Bertz CT molecular complexity index is 690. The molecule has 1 aromatic carbocycles. The third kappa shape index (κ3) is 2.74. The van der Waals surface area contributed by atoms with Crippen molar-refractivity contribution >= 4 is 17.6 Å². The third-order valence-corrected chi connectivity index (χ3v) is 2.81. The molecule has 20 heavy (non-hydrogen) atoms. The second-order valence-corrected chi connectivity index (χ2v) is 4.30. The fourth-order valence-corrected chi connectivity index (χ4v) is 1.85. The molecular formula is C14H15N5O. The summed E-state index contributed by atoms with van der Waals surface area (Å²) in [4.78, 5) is 19.7. The number of carbonyl (C=O) groups is 1. The van der Waals surface area contributed by atoms with E-state index in [9.17, 15) is 4.79 Å². The van der Waals surface area contributed by atoms with Gasteiger partial charge < -0.3 is 17.2 Å². The number of guanidine groups is 1. The molecule has 0 aliphatic carbocycles. The maximum absolute atomic E-state index is 11.4. The molecule has 0 radical (unpaired) electrons. The van der Waals surface area contributed by atoms with Gasteiger partial charge in [0.05, 0.1) is 16.9 Å². The van der Waals surface area contributed by atoms with Crippen LogP contribution in [0.4, 0.5) is 5.69 Å². The van der Waals surface area contributed by atoms with Crippen molar-refractivity contribution < 1.29 is 4.79 Å². The molecule has 0 saturated carbocycles. The van der Waals surface area contributed by atoms with Gasteiger partial charge in [0.15, 0.2) is 5.96 Å². The van der Waals surface area contributed by atoms with E-state index in [0.29, 0.717) is 16.9 Å². The molecule has 6 nitrogen and oxygen atoms in total. The summed E-state index contributed by atoms with van der Waals surface area (Å²) in [6, 6.07) is 8.76. The molecule has 0 unspecified atom stereocenters. The Kier molecular flexibility index (Phi) is 3.65. The summed E-state index contributed by atoms with van der Waals surface area (Å²) in [5.74, 6) is -0.557. The van der Waals surface area contributed by atoms with Crippen LogP contribution in [0.2, 0.25) is 0 Å². The molecule has 0 atom stereocenters. The van der Waals surface area contributed by atoms with Crippen LogP contribution in [-0.2, 0) is 0 Å². The van der Waals surface area contributed by atoms with Crippen LogP contribution in [0.15, 0.2) is 41.5 Å². The summed E-state index contributed by atoms with van der Waals surface area (Å²) >= 11 is 0. The van der Waals surface area contributed by atoms with Gasteiger partial charge in [0, 0.05) is 11.8 Å². The minimum absolute atomic E-state index is 0.0265. The molecule has 0 aliphatic rings. The highest BCUT2D eigenvalue weighted by Gasteiger charge is 2.12. The van der Waals surface area contributed by atoms with Gasteiger partial charge >= 0.3 is 0 Å². The minimum atomic E-state index is -0.530. The zero-order valence-corrected chi connectivity index (χ0v) is 11.0. The van der Waals surface area contributed by atoms with Crippen LogP contribution in [0, 0.1) is 6.92 Å². The monoisotopic (exact) mass is 269 g/mol. The van der Waals surface area contributed by atoms with Crippen molar-refractivity contribution in [2.75, 3.05) is 0 Å². The molecule has 2 rings (SSSR count). The maximum atomic E-state index is 11.4. The van der Waals surface area contributed by atoms with Gasteiger partial charge in [-0.05, 0) is 30.7 Å². The Balaban J connectivity index is 2.60. The van der Waals surface area contributed by atoms with E-state index < -0.39 is 5.91 Å². The predicted octanol–water partition coefficient (Wildman–Crippen LogP) is 1.06. The zero-order valence-electron chi connectivity index (χ0n) is 11.0. The summed E-state index contributed by atoms with van der Waals surface area (Å²) in [7, 11) is 0. The summed E-state index contributed by atoms with van der Waals surface area (Å²) in [5.41, 5.74) is 19.3. The number of hydrogen-bond donors (Lipinski definition) is 3. The number of pyridine rings is 1. The van der Waals surface area contributed by atoms with E-state index in [4.69, 9.17) is 17.2 Å². The lowest BCUT2D eigenvalue weighted by Gasteiger charge is -2.08. The van der Waals surface area contributed by atoms with Gasteiger partial charge in [0.2, 0.25) is 0 Å². The molecule has 0 bridgehead atoms. The first-order chi connectivity index (χ1) is 9.49. The van der Waals surface area contributed by atoms with Crippen molar-refractivity contribution in [2.45, 2.75) is 6.92 Å². The Hall–Kier alpha value is -2.89. The normalized spacial score (nSPS) is 10.1. The smallest absolute Gasteiger partial charge is 0.250 e. The first-order valence-corrected chi connectivity index (χ1v) is 5.94. The van der Waals surface area contributed by atoms with Crippen LogP contribution in [0.25, 0.3) is 11.3 Å². The van der Waals surface area contributed by atoms with Gasteiger partial charge in [-0.3, -0.25) is 9.78 Å². The number of aliphatic imine (C=N–C) groups is 1. The number of carbonyl (C=O) groups excluding carboxylic acids is 1. The molecule has 6 heteroatoms. The summed E-state index contributed by atoms with van der Waals surface area (Å²) in [5, 5.41) is 0. The van der Waals surface area contributed by atoms with Crippen LogP contribution >= 0.6 is 0 Å². The molecule has 2 aromatic rings. The number of primary amides is 1. The van der Waals surface area contributed by atoms with Crippen molar-refractivity contribution in [1.82, 2.24) is 4.98 Å². The molecule has 0 aliphatic heterocycles. The lowest BCUT2D eigenvalue weighted by Crippen LogP contribution is -2.22. The number of nitrogens with zero attached hydrogens (tertiary/aromatic N) is 2. The number of nitrogens with two attached hydrogens (primary N) is 3. The van der Waals surface area contributed by atoms with Crippen molar-refractivity contribution in [1.29, 1.82) is 0 Å². The van der Waals surface area contributed by atoms with Crippen LogP contribution in [0.1, 0.15) is 15.9 Å².